The van der Waals surface area contributed by atoms with E-state index < -0.39 is 0 Å². The largest absolute Gasteiger partial charge is 0.493 e. The first kappa shape index (κ1) is 22.4. The van der Waals surface area contributed by atoms with Crippen LogP contribution >= 0.6 is 0 Å². The van der Waals surface area contributed by atoms with Gasteiger partial charge >= 0.3 is 0 Å². The molecule has 4 rings (SSSR count). The Morgan fingerprint density at radius 2 is 1.88 bits per heavy atom. The Kier molecular flexibility index (Phi) is 6.86. The highest BCUT2D eigenvalue weighted by Crippen LogP contribution is 2.40. The third-order valence-corrected chi connectivity index (χ3v) is 6.17. The fraction of sp³-hybridized carbons (Fsp3) is 0.440. The molecule has 0 aliphatic carbocycles. The first-order valence-electron chi connectivity index (χ1n) is 10.9. The molecule has 32 heavy (non-hydrogen) atoms. The van der Waals surface area contributed by atoms with E-state index in [4.69, 9.17) is 18.9 Å². The lowest BCUT2D eigenvalue weighted by Crippen LogP contribution is -2.32. The van der Waals surface area contributed by atoms with Gasteiger partial charge in [-0.1, -0.05) is 6.07 Å². The highest BCUT2D eigenvalue weighted by atomic mass is 19.1. The van der Waals surface area contributed by atoms with Crippen LogP contribution in [0.15, 0.2) is 30.3 Å². The van der Waals surface area contributed by atoms with Crippen molar-refractivity contribution in [2.75, 3.05) is 34.5 Å². The number of fused-ring (bicyclic) bond motifs is 1. The first-order valence-corrected chi connectivity index (χ1v) is 10.9. The van der Waals surface area contributed by atoms with Gasteiger partial charge in [0.05, 0.1) is 27.4 Å². The van der Waals surface area contributed by atoms with Crippen molar-refractivity contribution in [3.63, 3.8) is 0 Å². The van der Waals surface area contributed by atoms with E-state index in [1.165, 1.54) is 6.07 Å². The minimum absolute atomic E-state index is 0.197. The molecule has 2 heterocycles. The molecule has 1 atom stereocenters. The Hall–Kier alpha value is -2.77. The molecule has 7 heteroatoms. The van der Waals surface area contributed by atoms with Gasteiger partial charge in [-0.05, 0) is 49.6 Å². The van der Waals surface area contributed by atoms with Crippen LogP contribution in [0.1, 0.15) is 29.7 Å². The van der Waals surface area contributed by atoms with Crippen LogP contribution in [0.2, 0.25) is 0 Å². The molecule has 0 radical (unpaired) electrons. The predicted molar refractivity (Wildman–Crippen MR) is 122 cm³/mol. The molecule has 0 saturated carbocycles. The maximum absolute atomic E-state index is 13.8. The van der Waals surface area contributed by atoms with Gasteiger partial charge in [0, 0.05) is 48.4 Å². The molecule has 1 aliphatic rings. The van der Waals surface area contributed by atoms with Gasteiger partial charge in [0.25, 0.3) is 0 Å². The van der Waals surface area contributed by atoms with Crippen molar-refractivity contribution < 1.29 is 23.3 Å². The summed E-state index contributed by atoms with van der Waals surface area (Å²) in [5.41, 5.74) is 4.08. The fourth-order valence-corrected chi connectivity index (χ4v) is 4.53. The van der Waals surface area contributed by atoms with Crippen molar-refractivity contribution in [1.82, 2.24) is 9.88 Å². The molecule has 172 valence electrons. The number of hydrogen-bond donors (Lipinski definition) is 1. The Morgan fingerprint density at radius 1 is 1.06 bits per heavy atom. The molecule has 1 N–H and O–H groups in total. The molecular weight excluding hydrogens is 411 g/mol. The number of H-pyrrole nitrogens is 1. The molecule has 0 unspecified atom stereocenters. The molecule has 0 bridgehead atoms. The molecule has 1 aliphatic heterocycles. The maximum Gasteiger partial charge on any atom is 0.203 e. The highest BCUT2D eigenvalue weighted by Gasteiger charge is 2.23. The van der Waals surface area contributed by atoms with Crippen molar-refractivity contribution >= 4 is 10.9 Å². The summed E-state index contributed by atoms with van der Waals surface area (Å²) in [7, 11) is 4.87. The highest BCUT2D eigenvalue weighted by molar-refractivity contribution is 5.84. The van der Waals surface area contributed by atoms with Gasteiger partial charge in [-0.3, -0.25) is 4.90 Å². The van der Waals surface area contributed by atoms with Gasteiger partial charge in [-0.2, -0.15) is 0 Å². The van der Waals surface area contributed by atoms with E-state index in [9.17, 15) is 4.39 Å². The third kappa shape index (κ3) is 4.54. The lowest BCUT2D eigenvalue weighted by molar-refractivity contribution is 0.0671. The molecule has 2 aromatic carbocycles. The van der Waals surface area contributed by atoms with E-state index in [1.54, 1.807) is 33.5 Å². The summed E-state index contributed by atoms with van der Waals surface area (Å²) in [6, 6.07) is 8.78. The summed E-state index contributed by atoms with van der Waals surface area (Å²) < 4.78 is 36.4. The number of benzene rings is 2. The number of ether oxygens (including phenoxy) is 4. The van der Waals surface area contributed by atoms with Gasteiger partial charge in [0.15, 0.2) is 11.5 Å². The number of rotatable bonds is 9. The zero-order chi connectivity index (χ0) is 22.7. The normalized spacial score (nSPS) is 16.1. The van der Waals surface area contributed by atoms with Crippen LogP contribution in [0.25, 0.3) is 10.9 Å². The van der Waals surface area contributed by atoms with Crippen LogP contribution < -0.4 is 14.2 Å². The fourth-order valence-electron chi connectivity index (χ4n) is 4.53. The molecular formula is C25H31FN2O4. The summed E-state index contributed by atoms with van der Waals surface area (Å²) in [6.07, 6.45) is 2.34. The van der Waals surface area contributed by atoms with E-state index in [0.29, 0.717) is 30.3 Å². The number of aromatic amines is 1. The number of aryl methyl sites for hydroxylation is 1. The number of methoxy groups -OCH3 is 3. The number of nitrogens with one attached hydrogen (secondary N) is 1. The zero-order valence-corrected chi connectivity index (χ0v) is 19.2. The number of aromatic nitrogens is 1. The van der Waals surface area contributed by atoms with Crippen molar-refractivity contribution in [3.8, 4) is 17.2 Å². The molecule has 0 amide bonds. The molecule has 1 aromatic heterocycles. The minimum atomic E-state index is -0.225. The van der Waals surface area contributed by atoms with Crippen LogP contribution in [-0.4, -0.2) is 50.5 Å². The van der Waals surface area contributed by atoms with E-state index in [2.05, 4.69) is 9.88 Å². The standard InChI is InChI=1S/C25H31FN2O4/c1-16-20-12-18(26)8-9-21(20)27-22(16)15-28(14-19-6-5-11-32-19)13-17-7-10-23(29-2)25(31-4)24(17)30-3/h7-10,12,19,27H,5-6,11,13-15H2,1-4H3/t19-/m0/s1. The summed E-state index contributed by atoms with van der Waals surface area (Å²) >= 11 is 0. The van der Waals surface area contributed by atoms with Crippen molar-refractivity contribution in [3.05, 3.63) is 53.0 Å². The lowest BCUT2D eigenvalue weighted by Gasteiger charge is -2.26. The van der Waals surface area contributed by atoms with Crippen LogP contribution in [0, 0.1) is 12.7 Å². The first-order chi connectivity index (χ1) is 15.5. The predicted octanol–water partition coefficient (Wildman–Crippen LogP) is 4.82. The van der Waals surface area contributed by atoms with E-state index in [-0.39, 0.29) is 11.9 Å². The number of halogens is 1. The quantitative estimate of drug-likeness (QED) is 0.515. The number of hydrogen-bond acceptors (Lipinski definition) is 5. The van der Waals surface area contributed by atoms with Crippen LogP contribution in [0.5, 0.6) is 17.2 Å². The van der Waals surface area contributed by atoms with Gasteiger partial charge in [-0.25, -0.2) is 4.39 Å². The van der Waals surface area contributed by atoms with Crippen molar-refractivity contribution in [2.24, 2.45) is 0 Å². The third-order valence-electron chi connectivity index (χ3n) is 6.17. The van der Waals surface area contributed by atoms with Gasteiger partial charge in [0.1, 0.15) is 5.82 Å². The summed E-state index contributed by atoms with van der Waals surface area (Å²) in [4.78, 5) is 5.82. The van der Waals surface area contributed by atoms with Gasteiger partial charge in [-0.15, -0.1) is 0 Å². The molecule has 1 saturated heterocycles. The van der Waals surface area contributed by atoms with Crippen LogP contribution in [-0.2, 0) is 17.8 Å². The SMILES string of the molecule is COc1ccc(CN(Cc2[nH]c3ccc(F)cc3c2C)C[C@@H]2CCCO2)c(OC)c1OC. The smallest absolute Gasteiger partial charge is 0.203 e. The Bertz CT molecular complexity index is 1080. The average molecular weight is 443 g/mol. The van der Waals surface area contributed by atoms with Gasteiger partial charge in [0.2, 0.25) is 5.75 Å². The summed E-state index contributed by atoms with van der Waals surface area (Å²) in [6.45, 7) is 4.96. The van der Waals surface area contributed by atoms with Crippen LogP contribution in [0.3, 0.4) is 0 Å². The zero-order valence-electron chi connectivity index (χ0n) is 19.2. The van der Waals surface area contributed by atoms with Crippen LogP contribution in [0.4, 0.5) is 4.39 Å². The molecule has 6 nitrogen and oxygen atoms in total. The van der Waals surface area contributed by atoms with E-state index in [0.717, 1.165) is 53.7 Å². The Balaban J connectivity index is 1.65. The van der Waals surface area contributed by atoms with E-state index >= 15 is 0 Å². The Labute approximate surface area is 188 Å². The average Bonchev–Trinajstić information content (AvgIpc) is 3.41. The Morgan fingerprint density at radius 3 is 2.56 bits per heavy atom. The second-order valence-corrected chi connectivity index (χ2v) is 8.22. The molecule has 1 fully saturated rings. The maximum atomic E-state index is 13.8. The molecule has 3 aromatic rings. The lowest BCUT2D eigenvalue weighted by atomic mass is 10.1. The second-order valence-electron chi connectivity index (χ2n) is 8.22. The summed E-state index contributed by atoms with van der Waals surface area (Å²) in [5, 5.41) is 0.917. The van der Waals surface area contributed by atoms with Crippen molar-refractivity contribution in [1.29, 1.82) is 0 Å². The van der Waals surface area contributed by atoms with Crippen molar-refractivity contribution in [2.45, 2.75) is 39.0 Å². The number of nitrogens with zero attached hydrogens (tertiary/aromatic N) is 1. The second kappa shape index (κ2) is 9.79. The summed E-state index contributed by atoms with van der Waals surface area (Å²) in [5.74, 6) is 1.66. The minimum Gasteiger partial charge on any atom is -0.493 e. The topological polar surface area (TPSA) is 56.0 Å². The molecule has 0 spiro atoms. The van der Waals surface area contributed by atoms with E-state index in [1.807, 2.05) is 19.1 Å². The monoisotopic (exact) mass is 442 g/mol. The van der Waals surface area contributed by atoms with Gasteiger partial charge < -0.3 is 23.9 Å².